The Morgan fingerprint density at radius 1 is 1.60 bits per heavy atom. The van der Waals surface area contributed by atoms with Crippen LogP contribution in [0.25, 0.3) is 11.0 Å². The van der Waals surface area contributed by atoms with Gasteiger partial charge < -0.3 is 10.3 Å². The molecule has 0 spiro atoms. The molecular weight excluding hydrogens is 256 g/mol. The lowest BCUT2D eigenvalue weighted by Crippen LogP contribution is -2.17. The van der Waals surface area contributed by atoms with Crippen molar-refractivity contribution >= 4 is 27.0 Å². The maximum Gasteiger partial charge on any atom is 0.144 e. The van der Waals surface area contributed by atoms with Crippen LogP contribution < -0.4 is 5.73 Å². The van der Waals surface area contributed by atoms with Gasteiger partial charge in [-0.15, -0.1) is 0 Å². The quantitative estimate of drug-likeness (QED) is 0.901. The predicted octanol–water partition coefficient (Wildman–Crippen LogP) is 1.62. The summed E-state index contributed by atoms with van der Waals surface area (Å²) in [6, 6.07) is 0.132. The maximum absolute atomic E-state index is 5.82. The zero-order chi connectivity index (χ0) is 11.0. The van der Waals surface area contributed by atoms with Crippen LogP contribution in [0.4, 0.5) is 0 Å². The number of fused-ring (bicyclic) bond motifs is 1. The number of rotatable bonds is 2. The van der Waals surface area contributed by atoms with Gasteiger partial charge in [-0.3, -0.25) is 0 Å². The Hall–Kier alpha value is -0.940. The second-order valence-electron chi connectivity index (χ2n) is 3.77. The molecule has 0 aliphatic rings. The van der Waals surface area contributed by atoms with E-state index in [1.165, 1.54) is 5.56 Å². The van der Waals surface area contributed by atoms with E-state index >= 15 is 0 Å². The van der Waals surface area contributed by atoms with Crippen molar-refractivity contribution in [1.82, 2.24) is 14.5 Å². The van der Waals surface area contributed by atoms with Crippen molar-refractivity contribution in [3.05, 3.63) is 22.7 Å². The lowest BCUT2D eigenvalue weighted by atomic mass is 10.1. The molecule has 0 aliphatic carbocycles. The molecule has 15 heavy (non-hydrogen) atoms. The smallest absolute Gasteiger partial charge is 0.144 e. The first kappa shape index (κ1) is 10.6. The van der Waals surface area contributed by atoms with Crippen molar-refractivity contribution in [2.24, 2.45) is 12.8 Å². The molecule has 2 aromatic heterocycles. The van der Waals surface area contributed by atoms with Gasteiger partial charge in [-0.25, -0.2) is 9.97 Å². The Kier molecular flexibility index (Phi) is 2.75. The van der Waals surface area contributed by atoms with Crippen LogP contribution in [0.15, 0.2) is 17.1 Å². The number of hydrogen-bond acceptors (Lipinski definition) is 3. The molecule has 0 aromatic carbocycles. The first-order chi connectivity index (χ1) is 7.11. The van der Waals surface area contributed by atoms with Crippen molar-refractivity contribution in [1.29, 1.82) is 0 Å². The van der Waals surface area contributed by atoms with Crippen molar-refractivity contribution in [3.8, 4) is 0 Å². The molecule has 0 saturated carbocycles. The Balaban J connectivity index is 2.66. The SMILES string of the molecule is CC(N)Cc1c(Br)n(C)c2ncncc12. The fourth-order valence-electron chi connectivity index (χ4n) is 1.73. The van der Waals surface area contributed by atoms with Crippen LogP contribution in [0, 0.1) is 0 Å². The average molecular weight is 269 g/mol. The molecule has 2 rings (SSSR count). The predicted molar refractivity (Wildman–Crippen MR) is 63.6 cm³/mol. The molecule has 0 saturated heterocycles. The second kappa shape index (κ2) is 3.90. The summed E-state index contributed by atoms with van der Waals surface area (Å²) >= 11 is 3.56. The van der Waals surface area contributed by atoms with E-state index in [0.29, 0.717) is 0 Å². The molecule has 1 atom stereocenters. The Morgan fingerprint density at radius 2 is 2.33 bits per heavy atom. The minimum atomic E-state index is 0.132. The maximum atomic E-state index is 5.82. The van der Waals surface area contributed by atoms with Gasteiger partial charge in [0.15, 0.2) is 0 Å². The van der Waals surface area contributed by atoms with E-state index in [1.54, 1.807) is 6.33 Å². The van der Waals surface area contributed by atoms with E-state index in [9.17, 15) is 0 Å². The van der Waals surface area contributed by atoms with Gasteiger partial charge in [0.05, 0.1) is 4.60 Å². The fourth-order valence-corrected chi connectivity index (χ4v) is 2.27. The standard InChI is InChI=1S/C10H13BrN4/c1-6(12)3-7-8-4-13-5-14-10(8)15(2)9(7)11/h4-6H,3,12H2,1-2H3. The van der Waals surface area contributed by atoms with Gasteiger partial charge in [-0.1, -0.05) is 0 Å². The molecule has 2 heterocycles. The van der Waals surface area contributed by atoms with Crippen LogP contribution in [0.1, 0.15) is 12.5 Å². The third-order valence-corrected chi connectivity index (χ3v) is 3.41. The summed E-state index contributed by atoms with van der Waals surface area (Å²) in [6.07, 6.45) is 4.22. The second-order valence-corrected chi connectivity index (χ2v) is 4.52. The van der Waals surface area contributed by atoms with Gasteiger partial charge in [0, 0.05) is 24.7 Å². The largest absolute Gasteiger partial charge is 0.328 e. The number of aromatic nitrogens is 3. The summed E-state index contributed by atoms with van der Waals surface area (Å²) in [5.74, 6) is 0. The van der Waals surface area contributed by atoms with E-state index in [0.717, 1.165) is 22.1 Å². The highest BCUT2D eigenvalue weighted by atomic mass is 79.9. The van der Waals surface area contributed by atoms with Crippen molar-refractivity contribution in [2.75, 3.05) is 0 Å². The summed E-state index contributed by atoms with van der Waals surface area (Å²) in [4.78, 5) is 8.30. The third kappa shape index (κ3) is 1.77. The Morgan fingerprint density at radius 3 is 3.00 bits per heavy atom. The Labute approximate surface area is 96.6 Å². The first-order valence-corrected chi connectivity index (χ1v) is 5.59. The summed E-state index contributed by atoms with van der Waals surface area (Å²) in [6.45, 7) is 2.00. The summed E-state index contributed by atoms with van der Waals surface area (Å²) in [5.41, 5.74) is 7.94. The van der Waals surface area contributed by atoms with Gasteiger partial charge in [0.25, 0.3) is 0 Å². The minimum absolute atomic E-state index is 0.132. The normalized spacial score (nSPS) is 13.3. The van der Waals surface area contributed by atoms with E-state index in [-0.39, 0.29) is 6.04 Å². The number of nitrogens with two attached hydrogens (primary N) is 1. The number of hydrogen-bond donors (Lipinski definition) is 1. The average Bonchev–Trinajstić information content (AvgIpc) is 2.44. The lowest BCUT2D eigenvalue weighted by Gasteiger charge is -2.04. The van der Waals surface area contributed by atoms with E-state index in [4.69, 9.17) is 5.73 Å². The highest BCUT2D eigenvalue weighted by Crippen LogP contribution is 2.28. The van der Waals surface area contributed by atoms with Gasteiger partial charge in [0.2, 0.25) is 0 Å². The molecule has 2 aromatic rings. The minimum Gasteiger partial charge on any atom is -0.328 e. The van der Waals surface area contributed by atoms with E-state index in [2.05, 4.69) is 25.9 Å². The number of nitrogens with zero attached hydrogens (tertiary/aromatic N) is 3. The van der Waals surface area contributed by atoms with Crippen LogP contribution >= 0.6 is 15.9 Å². The molecule has 0 aliphatic heterocycles. The van der Waals surface area contributed by atoms with Gasteiger partial charge in [0.1, 0.15) is 12.0 Å². The number of aryl methyl sites for hydroxylation is 1. The summed E-state index contributed by atoms with van der Waals surface area (Å²) < 4.78 is 3.05. The molecule has 5 heteroatoms. The van der Waals surface area contributed by atoms with Crippen LogP contribution in [0.2, 0.25) is 0 Å². The zero-order valence-corrected chi connectivity index (χ0v) is 10.3. The molecule has 0 bridgehead atoms. The van der Waals surface area contributed by atoms with Crippen LogP contribution in [0.3, 0.4) is 0 Å². The zero-order valence-electron chi connectivity index (χ0n) is 8.74. The highest BCUT2D eigenvalue weighted by Gasteiger charge is 2.14. The third-order valence-electron chi connectivity index (χ3n) is 2.40. The van der Waals surface area contributed by atoms with Crippen LogP contribution in [-0.4, -0.2) is 20.6 Å². The topological polar surface area (TPSA) is 56.7 Å². The van der Waals surface area contributed by atoms with Crippen LogP contribution in [0.5, 0.6) is 0 Å². The lowest BCUT2D eigenvalue weighted by molar-refractivity contribution is 0.734. The molecule has 0 radical (unpaired) electrons. The number of halogens is 1. The van der Waals surface area contributed by atoms with Crippen molar-refractivity contribution < 1.29 is 0 Å². The molecular formula is C10H13BrN4. The fraction of sp³-hybridized carbons (Fsp3) is 0.400. The van der Waals surface area contributed by atoms with Crippen LogP contribution in [-0.2, 0) is 13.5 Å². The molecule has 0 amide bonds. The van der Waals surface area contributed by atoms with E-state index in [1.807, 2.05) is 24.7 Å². The Bertz CT molecular complexity index is 489. The van der Waals surface area contributed by atoms with Crippen molar-refractivity contribution in [2.45, 2.75) is 19.4 Å². The van der Waals surface area contributed by atoms with Gasteiger partial charge in [-0.2, -0.15) is 0 Å². The summed E-state index contributed by atoms with van der Waals surface area (Å²) in [7, 11) is 1.98. The molecule has 0 fully saturated rings. The molecule has 4 nitrogen and oxygen atoms in total. The molecule has 2 N–H and O–H groups in total. The molecule has 80 valence electrons. The molecule has 1 unspecified atom stereocenters. The van der Waals surface area contributed by atoms with Crippen molar-refractivity contribution in [3.63, 3.8) is 0 Å². The summed E-state index contributed by atoms with van der Waals surface area (Å²) in [5, 5.41) is 1.07. The van der Waals surface area contributed by atoms with Gasteiger partial charge in [-0.05, 0) is 34.8 Å². The highest BCUT2D eigenvalue weighted by molar-refractivity contribution is 9.10. The van der Waals surface area contributed by atoms with Gasteiger partial charge >= 0.3 is 0 Å². The van der Waals surface area contributed by atoms with E-state index < -0.39 is 0 Å². The first-order valence-electron chi connectivity index (χ1n) is 4.79. The monoisotopic (exact) mass is 268 g/mol.